The summed E-state index contributed by atoms with van der Waals surface area (Å²) in [6, 6.07) is 0. The molecule has 10 nitrogen and oxygen atoms in total. The minimum Gasteiger partial charge on any atom is -0.334 e. The van der Waals surface area contributed by atoms with Gasteiger partial charge >= 0.3 is 12.9 Å². The molecule has 1 aliphatic carbocycles. The number of hydrogen-bond donors (Lipinski definition) is 0. The molecule has 2 saturated heterocycles. The number of nitrogens with zero attached hydrogens (tertiary/aromatic N) is 2. The Balaban J connectivity index is 0.000000201. The first-order valence-corrected chi connectivity index (χ1v) is 8.43. The first-order valence-electron chi connectivity index (χ1n) is 8.43. The molecule has 0 aromatic rings. The molecule has 0 unspecified atom stereocenters. The molecular weight excluding hydrogens is 348 g/mol. The Morgan fingerprint density at radius 3 is 0.962 bits per heavy atom. The van der Waals surface area contributed by atoms with Crippen molar-refractivity contribution in [3.63, 3.8) is 0 Å². The SMILES string of the molecule is C1CCCCC1.O=CON1C(=O)CCC1=O.O=CON1C(=O)CCC1=O. The van der Waals surface area contributed by atoms with E-state index in [2.05, 4.69) is 9.68 Å². The molecule has 26 heavy (non-hydrogen) atoms. The van der Waals surface area contributed by atoms with E-state index in [1.54, 1.807) is 0 Å². The van der Waals surface area contributed by atoms with Crippen LogP contribution in [0.5, 0.6) is 0 Å². The molecule has 3 rings (SSSR count). The second kappa shape index (κ2) is 11.7. The average molecular weight is 370 g/mol. The lowest BCUT2D eigenvalue weighted by molar-refractivity contribution is -0.188. The summed E-state index contributed by atoms with van der Waals surface area (Å²) in [7, 11) is 0. The van der Waals surface area contributed by atoms with Gasteiger partial charge in [0.25, 0.3) is 23.6 Å². The second-order valence-electron chi connectivity index (χ2n) is 5.69. The Labute approximate surface area is 150 Å². The molecule has 2 heterocycles. The number of imide groups is 2. The van der Waals surface area contributed by atoms with Crippen LogP contribution >= 0.6 is 0 Å². The molecular formula is C16H22N2O8. The highest BCUT2D eigenvalue weighted by atomic mass is 16.7. The van der Waals surface area contributed by atoms with Crippen molar-refractivity contribution in [2.24, 2.45) is 0 Å². The van der Waals surface area contributed by atoms with Crippen LogP contribution in [-0.2, 0) is 38.4 Å². The van der Waals surface area contributed by atoms with Crippen LogP contribution in [0.2, 0.25) is 0 Å². The van der Waals surface area contributed by atoms with Crippen molar-refractivity contribution < 1.29 is 38.4 Å². The first kappa shape index (κ1) is 21.3. The number of hydroxylamine groups is 4. The van der Waals surface area contributed by atoms with E-state index in [-0.39, 0.29) is 38.6 Å². The van der Waals surface area contributed by atoms with E-state index in [9.17, 15) is 28.8 Å². The molecule has 1 saturated carbocycles. The summed E-state index contributed by atoms with van der Waals surface area (Å²) >= 11 is 0. The maximum atomic E-state index is 10.6. The molecule has 3 aliphatic rings. The summed E-state index contributed by atoms with van der Waals surface area (Å²) < 4.78 is 0. The fourth-order valence-electron chi connectivity index (χ4n) is 2.49. The third kappa shape index (κ3) is 6.99. The van der Waals surface area contributed by atoms with Gasteiger partial charge in [0.15, 0.2) is 0 Å². The van der Waals surface area contributed by atoms with Gasteiger partial charge < -0.3 is 9.68 Å². The van der Waals surface area contributed by atoms with E-state index < -0.39 is 23.6 Å². The normalized spacial score (nSPS) is 19.2. The van der Waals surface area contributed by atoms with Gasteiger partial charge in [0, 0.05) is 25.7 Å². The molecule has 3 fully saturated rings. The minimum atomic E-state index is -0.461. The van der Waals surface area contributed by atoms with Crippen molar-refractivity contribution >= 4 is 36.6 Å². The van der Waals surface area contributed by atoms with Gasteiger partial charge in [-0.15, -0.1) is 10.1 Å². The lowest BCUT2D eigenvalue weighted by atomic mass is 10.0. The predicted molar refractivity (Wildman–Crippen MR) is 84.2 cm³/mol. The Kier molecular flexibility index (Phi) is 9.58. The van der Waals surface area contributed by atoms with Crippen molar-refractivity contribution in [3.8, 4) is 0 Å². The zero-order valence-electron chi connectivity index (χ0n) is 14.4. The van der Waals surface area contributed by atoms with Crippen LogP contribution in [0.1, 0.15) is 64.2 Å². The zero-order chi connectivity index (χ0) is 19.4. The Morgan fingerprint density at radius 2 is 0.769 bits per heavy atom. The third-order valence-electron chi connectivity index (χ3n) is 3.81. The molecule has 0 N–H and O–H groups in total. The van der Waals surface area contributed by atoms with Crippen molar-refractivity contribution in [1.29, 1.82) is 0 Å². The van der Waals surface area contributed by atoms with E-state index in [4.69, 9.17) is 0 Å². The number of hydrogen-bond acceptors (Lipinski definition) is 8. The summed E-state index contributed by atoms with van der Waals surface area (Å²) in [4.78, 5) is 69.9. The molecule has 0 atom stereocenters. The molecule has 4 amide bonds. The summed E-state index contributed by atoms with van der Waals surface area (Å²) in [6.45, 7) is 0.113. The maximum absolute atomic E-state index is 10.6. The average Bonchev–Trinajstić information content (AvgIpc) is 3.15. The van der Waals surface area contributed by atoms with Gasteiger partial charge in [0.05, 0.1) is 0 Å². The van der Waals surface area contributed by atoms with Crippen LogP contribution in [0.15, 0.2) is 0 Å². The molecule has 10 heteroatoms. The van der Waals surface area contributed by atoms with Gasteiger partial charge in [-0.1, -0.05) is 38.5 Å². The van der Waals surface area contributed by atoms with E-state index >= 15 is 0 Å². The standard InChI is InChI=1S/C6H12.2C5H5NO4/c1-2-4-6-5-3-1;2*7-3-10-6-4(8)1-2-5(6)9/h1-6H2;2*3H,1-2H2. The number of amides is 4. The molecule has 0 spiro atoms. The van der Waals surface area contributed by atoms with Crippen LogP contribution in [0.25, 0.3) is 0 Å². The number of carbonyl (C=O) groups is 6. The Bertz CT molecular complexity index is 459. The third-order valence-corrected chi connectivity index (χ3v) is 3.81. The number of carbonyl (C=O) groups excluding carboxylic acids is 6. The van der Waals surface area contributed by atoms with Gasteiger partial charge in [-0.05, 0) is 0 Å². The van der Waals surface area contributed by atoms with E-state index in [1.807, 2.05) is 0 Å². The monoisotopic (exact) mass is 370 g/mol. The lowest BCUT2D eigenvalue weighted by Crippen LogP contribution is -2.28. The molecule has 144 valence electrons. The van der Waals surface area contributed by atoms with Crippen LogP contribution in [-0.4, -0.2) is 46.7 Å². The van der Waals surface area contributed by atoms with Crippen molar-refractivity contribution in [2.75, 3.05) is 0 Å². The fraction of sp³-hybridized carbons (Fsp3) is 0.625. The summed E-state index contributed by atoms with van der Waals surface area (Å²) in [5.74, 6) is -1.84. The van der Waals surface area contributed by atoms with Gasteiger partial charge in [0.1, 0.15) is 0 Å². The van der Waals surface area contributed by atoms with E-state index in [1.165, 1.54) is 38.5 Å². The summed E-state index contributed by atoms with van der Waals surface area (Å²) in [5.41, 5.74) is 0. The molecule has 0 aromatic carbocycles. The van der Waals surface area contributed by atoms with Gasteiger partial charge in [-0.3, -0.25) is 28.8 Å². The van der Waals surface area contributed by atoms with Crippen molar-refractivity contribution in [3.05, 3.63) is 0 Å². The van der Waals surface area contributed by atoms with E-state index in [0.29, 0.717) is 10.1 Å². The van der Waals surface area contributed by atoms with Crippen LogP contribution in [0.4, 0.5) is 0 Å². The van der Waals surface area contributed by atoms with Gasteiger partial charge in [-0.25, -0.2) is 0 Å². The maximum Gasteiger partial charge on any atom is 0.321 e. The quantitative estimate of drug-likeness (QED) is 0.525. The smallest absolute Gasteiger partial charge is 0.321 e. The Morgan fingerprint density at radius 1 is 0.538 bits per heavy atom. The largest absolute Gasteiger partial charge is 0.334 e. The topological polar surface area (TPSA) is 127 Å². The minimum absolute atomic E-state index is 0.0567. The highest BCUT2D eigenvalue weighted by Crippen LogP contribution is 2.15. The van der Waals surface area contributed by atoms with Gasteiger partial charge in [0.2, 0.25) is 0 Å². The van der Waals surface area contributed by atoms with Crippen LogP contribution < -0.4 is 0 Å². The Hall–Kier alpha value is -2.78. The second-order valence-corrected chi connectivity index (χ2v) is 5.69. The van der Waals surface area contributed by atoms with Crippen molar-refractivity contribution in [2.45, 2.75) is 64.2 Å². The lowest BCUT2D eigenvalue weighted by Gasteiger charge is -2.06. The molecule has 2 aliphatic heterocycles. The van der Waals surface area contributed by atoms with Gasteiger partial charge in [-0.2, -0.15) is 0 Å². The molecule has 0 aromatic heterocycles. The summed E-state index contributed by atoms with van der Waals surface area (Å²) in [5, 5.41) is 0.958. The fourth-order valence-corrected chi connectivity index (χ4v) is 2.49. The molecule has 0 bridgehead atoms. The first-order chi connectivity index (χ1) is 12.5. The van der Waals surface area contributed by atoms with Crippen LogP contribution in [0, 0.1) is 0 Å². The molecule has 0 radical (unpaired) electrons. The number of rotatable bonds is 4. The van der Waals surface area contributed by atoms with Crippen LogP contribution in [0.3, 0.4) is 0 Å². The zero-order valence-corrected chi connectivity index (χ0v) is 14.4. The highest BCUT2D eigenvalue weighted by Gasteiger charge is 2.31. The summed E-state index contributed by atoms with van der Waals surface area (Å²) in [6.07, 6.45) is 9.53. The predicted octanol–water partition coefficient (Wildman–Crippen LogP) is 0.787. The van der Waals surface area contributed by atoms with Crippen molar-refractivity contribution in [1.82, 2.24) is 10.1 Å². The highest BCUT2D eigenvalue weighted by molar-refractivity contribution is 6.01. The van der Waals surface area contributed by atoms with E-state index in [0.717, 1.165) is 0 Å².